The van der Waals surface area contributed by atoms with Crippen molar-refractivity contribution < 1.29 is 4.79 Å². The summed E-state index contributed by atoms with van der Waals surface area (Å²) in [6.07, 6.45) is 7.57. The highest BCUT2D eigenvalue weighted by atomic mass is 16.2. The van der Waals surface area contributed by atoms with Crippen LogP contribution in [0.4, 0.5) is 0 Å². The van der Waals surface area contributed by atoms with Crippen molar-refractivity contribution in [1.82, 2.24) is 24.5 Å². The Morgan fingerprint density at radius 3 is 2.79 bits per heavy atom. The second kappa shape index (κ2) is 6.31. The summed E-state index contributed by atoms with van der Waals surface area (Å²) < 4.78 is 3.63. The predicted octanol–water partition coefficient (Wildman–Crippen LogP) is 2.37. The average Bonchev–Trinajstić information content (AvgIpc) is 3.37. The van der Waals surface area contributed by atoms with Gasteiger partial charge in [-0.05, 0) is 37.1 Å². The molecule has 6 nitrogen and oxygen atoms in total. The molecular weight excluding hydrogens is 302 g/mol. The normalized spacial score (nSPS) is 17.3. The van der Waals surface area contributed by atoms with Gasteiger partial charge in [0.25, 0.3) is 5.91 Å². The number of hydrogen-bond donors (Lipinski definition) is 0. The fourth-order valence-electron chi connectivity index (χ4n) is 3.23. The molecule has 1 atom stereocenters. The molecule has 0 spiro atoms. The minimum Gasteiger partial charge on any atom is -0.332 e. The van der Waals surface area contributed by atoms with Crippen molar-refractivity contribution in [2.24, 2.45) is 0 Å². The molecule has 3 aromatic rings. The fourth-order valence-corrected chi connectivity index (χ4v) is 3.23. The minimum atomic E-state index is -0.000614. The summed E-state index contributed by atoms with van der Waals surface area (Å²) in [4.78, 5) is 14.8. The third-order valence-electron chi connectivity index (χ3n) is 4.42. The molecule has 122 valence electrons. The third-order valence-corrected chi connectivity index (χ3v) is 4.42. The zero-order chi connectivity index (χ0) is 16.4. The number of hydrogen-bond acceptors (Lipinski definition) is 3. The van der Waals surface area contributed by atoms with Crippen molar-refractivity contribution in [3.8, 4) is 5.69 Å². The van der Waals surface area contributed by atoms with Gasteiger partial charge in [-0.15, -0.1) is 0 Å². The second-order valence-electron chi connectivity index (χ2n) is 6.00. The Morgan fingerprint density at radius 2 is 2.00 bits per heavy atom. The molecule has 1 amide bonds. The Hall–Kier alpha value is -2.89. The van der Waals surface area contributed by atoms with Crippen LogP contribution in [0.25, 0.3) is 5.69 Å². The lowest BCUT2D eigenvalue weighted by atomic mass is 10.2. The van der Waals surface area contributed by atoms with Crippen molar-refractivity contribution in [2.45, 2.75) is 25.4 Å². The Labute approximate surface area is 140 Å². The maximum atomic E-state index is 12.9. The summed E-state index contributed by atoms with van der Waals surface area (Å²) in [5.41, 5.74) is 1.44. The SMILES string of the molecule is O=C(c1ccn(-c2ccccc2)n1)N1CCC[C@H]1Cn1cccn1. The van der Waals surface area contributed by atoms with Crippen LogP contribution in [0.15, 0.2) is 61.1 Å². The number of carbonyl (C=O) groups is 1. The van der Waals surface area contributed by atoms with Crippen LogP contribution < -0.4 is 0 Å². The van der Waals surface area contributed by atoms with Gasteiger partial charge < -0.3 is 4.90 Å². The Bertz CT molecular complexity index is 809. The van der Waals surface area contributed by atoms with Gasteiger partial charge in [0.15, 0.2) is 5.69 Å². The van der Waals surface area contributed by atoms with Crippen LogP contribution in [0.5, 0.6) is 0 Å². The van der Waals surface area contributed by atoms with E-state index in [0.29, 0.717) is 5.69 Å². The van der Waals surface area contributed by atoms with E-state index >= 15 is 0 Å². The first-order valence-corrected chi connectivity index (χ1v) is 8.21. The Morgan fingerprint density at radius 1 is 1.12 bits per heavy atom. The monoisotopic (exact) mass is 321 g/mol. The third kappa shape index (κ3) is 2.82. The van der Waals surface area contributed by atoms with Crippen molar-refractivity contribution in [3.63, 3.8) is 0 Å². The van der Waals surface area contributed by atoms with E-state index in [9.17, 15) is 4.79 Å². The number of benzene rings is 1. The molecule has 1 fully saturated rings. The lowest BCUT2D eigenvalue weighted by molar-refractivity contribution is 0.0715. The molecule has 0 saturated carbocycles. The lowest BCUT2D eigenvalue weighted by Crippen LogP contribution is -2.38. The lowest BCUT2D eigenvalue weighted by Gasteiger charge is -2.23. The molecule has 0 unspecified atom stereocenters. The molecule has 0 bridgehead atoms. The first-order valence-electron chi connectivity index (χ1n) is 8.21. The highest BCUT2D eigenvalue weighted by molar-refractivity contribution is 5.92. The number of para-hydroxylation sites is 1. The van der Waals surface area contributed by atoms with Crippen molar-refractivity contribution in [2.75, 3.05) is 6.54 Å². The Balaban J connectivity index is 1.52. The van der Waals surface area contributed by atoms with E-state index in [2.05, 4.69) is 10.2 Å². The summed E-state index contributed by atoms with van der Waals surface area (Å²) >= 11 is 0. The minimum absolute atomic E-state index is 0.000614. The number of amides is 1. The quantitative estimate of drug-likeness (QED) is 0.741. The molecule has 1 aliphatic rings. The van der Waals surface area contributed by atoms with Crippen LogP contribution in [0.2, 0.25) is 0 Å². The first-order chi connectivity index (χ1) is 11.8. The van der Waals surface area contributed by atoms with E-state index in [-0.39, 0.29) is 11.9 Å². The summed E-state index contributed by atoms with van der Waals surface area (Å²) in [6.45, 7) is 1.51. The second-order valence-corrected chi connectivity index (χ2v) is 6.00. The maximum Gasteiger partial charge on any atom is 0.274 e. The summed E-state index contributed by atoms with van der Waals surface area (Å²) in [5.74, 6) is -0.000614. The largest absolute Gasteiger partial charge is 0.332 e. The fraction of sp³-hybridized carbons (Fsp3) is 0.278. The van der Waals surface area contributed by atoms with Crippen LogP contribution in [-0.2, 0) is 6.54 Å². The van der Waals surface area contributed by atoms with Gasteiger partial charge in [0, 0.05) is 25.1 Å². The van der Waals surface area contributed by atoms with E-state index in [1.54, 1.807) is 16.9 Å². The highest BCUT2D eigenvalue weighted by Gasteiger charge is 2.30. The van der Waals surface area contributed by atoms with E-state index in [0.717, 1.165) is 31.6 Å². The van der Waals surface area contributed by atoms with E-state index in [1.165, 1.54) is 0 Å². The predicted molar refractivity (Wildman–Crippen MR) is 89.8 cm³/mol. The molecule has 0 aliphatic carbocycles. The van der Waals surface area contributed by atoms with Gasteiger partial charge in [-0.1, -0.05) is 18.2 Å². The average molecular weight is 321 g/mol. The highest BCUT2D eigenvalue weighted by Crippen LogP contribution is 2.21. The number of carbonyl (C=O) groups excluding carboxylic acids is 1. The van der Waals surface area contributed by atoms with Crippen molar-refractivity contribution in [1.29, 1.82) is 0 Å². The smallest absolute Gasteiger partial charge is 0.274 e. The maximum absolute atomic E-state index is 12.9. The molecular formula is C18H19N5O. The molecule has 1 saturated heterocycles. The summed E-state index contributed by atoms with van der Waals surface area (Å²) in [6, 6.07) is 13.7. The van der Waals surface area contributed by atoms with Crippen LogP contribution in [0.3, 0.4) is 0 Å². The van der Waals surface area contributed by atoms with Gasteiger partial charge in [0.2, 0.25) is 0 Å². The standard InChI is InChI=1S/C18H19N5O/c24-18(17-9-13-23(20-17)15-6-2-1-3-7-15)22-12-4-8-16(22)14-21-11-5-10-19-21/h1-3,5-7,9-11,13,16H,4,8,12,14H2/t16-/m0/s1. The van der Waals surface area contributed by atoms with Crippen LogP contribution in [-0.4, -0.2) is 43.0 Å². The summed E-state index contributed by atoms with van der Waals surface area (Å²) in [5, 5.41) is 8.71. The van der Waals surface area contributed by atoms with E-state index < -0.39 is 0 Å². The number of rotatable bonds is 4. The van der Waals surface area contributed by atoms with Crippen LogP contribution in [0.1, 0.15) is 23.3 Å². The molecule has 1 aliphatic heterocycles. The molecule has 6 heteroatoms. The molecule has 4 rings (SSSR count). The van der Waals surface area contributed by atoms with E-state index in [1.807, 2.05) is 58.4 Å². The van der Waals surface area contributed by atoms with Gasteiger partial charge in [-0.3, -0.25) is 9.48 Å². The Kier molecular flexibility index (Phi) is 3.86. The number of nitrogens with zero attached hydrogens (tertiary/aromatic N) is 5. The van der Waals surface area contributed by atoms with E-state index in [4.69, 9.17) is 0 Å². The zero-order valence-electron chi connectivity index (χ0n) is 13.3. The molecule has 1 aromatic carbocycles. The van der Waals surface area contributed by atoms with Crippen LogP contribution >= 0.6 is 0 Å². The number of aromatic nitrogens is 4. The summed E-state index contributed by atoms with van der Waals surface area (Å²) in [7, 11) is 0. The topological polar surface area (TPSA) is 56.0 Å². The molecule has 3 heterocycles. The zero-order valence-corrected chi connectivity index (χ0v) is 13.3. The van der Waals surface area contributed by atoms with Gasteiger partial charge in [0.1, 0.15) is 0 Å². The van der Waals surface area contributed by atoms with Gasteiger partial charge in [-0.2, -0.15) is 10.2 Å². The molecule has 24 heavy (non-hydrogen) atoms. The molecule has 2 aromatic heterocycles. The molecule has 0 N–H and O–H groups in total. The molecule has 0 radical (unpaired) electrons. The van der Waals surface area contributed by atoms with Crippen molar-refractivity contribution >= 4 is 5.91 Å². The van der Waals surface area contributed by atoms with Crippen LogP contribution in [0, 0.1) is 0 Å². The van der Waals surface area contributed by atoms with Gasteiger partial charge in [-0.25, -0.2) is 4.68 Å². The first kappa shape index (κ1) is 14.7. The van der Waals surface area contributed by atoms with Gasteiger partial charge >= 0.3 is 0 Å². The van der Waals surface area contributed by atoms with Crippen molar-refractivity contribution in [3.05, 3.63) is 66.7 Å². The number of likely N-dealkylation sites (tertiary alicyclic amines) is 1. The van der Waals surface area contributed by atoms with Gasteiger partial charge in [0.05, 0.1) is 18.3 Å².